The van der Waals surface area contributed by atoms with E-state index < -0.39 is 0 Å². The van der Waals surface area contributed by atoms with Crippen molar-refractivity contribution in [2.45, 2.75) is 31.8 Å². The molecule has 0 amide bonds. The topological polar surface area (TPSA) is 33.1 Å². The van der Waals surface area contributed by atoms with Crippen LogP contribution in [0, 0.1) is 0 Å². The van der Waals surface area contributed by atoms with E-state index in [1.807, 2.05) is 6.20 Å². The monoisotopic (exact) mass is 300 g/mol. The Labute approximate surface area is 111 Å². The van der Waals surface area contributed by atoms with Crippen molar-refractivity contribution < 1.29 is 0 Å². The number of rotatable bonds is 4. The lowest BCUT2D eigenvalue weighted by molar-refractivity contribution is 0.340. The molecule has 5 heteroatoms. The van der Waals surface area contributed by atoms with E-state index in [0.29, 0.717) is 0 Å². The van der Waals surface area contributed by atoms with Gasteiger partial charge in [0.2, 0.25) is 0 Å². The van der Waals surface area contributed by atoms with Crippen molar-refractivity contribution in [3.63, 3.8) is 0 Å². The smallest absolute Gasteiger partial charge is 0.0724 e. The highest BCUT2D eigenvalue weighted by Crippen LogP contribution is 2.34. The molecule has 0 radical (unpaired) electrons. The highest BCUT2D eigenvalue weighted by atomic mass is 79.9. The predicted molar refractivity (Wildman–Crippen MR) is 73.1 cm³/mol. The normalized spacial score (nSPS) is 24.8. The first kappa shape index (κ1) is 13.1. The Morgan fingerprint density at radius 3 is 2.94 bits per heavy atom. The van der Waals surface area contributed by atoms with Gasteiger partial charge in [-0.05, 0) is 56.3 Å². The molecule has 96 valence electrons. The van der Waals surface area contributed by atoms with Gasteiger partial charge in [-0.15, -0.1) is 0 Å². The summed E-state index contributed by atoms with van der Waals surface area (Å²) in [6.07, 6.45) is 4.33. The van der Waals surface area contributed by atoms with Gasteiger partial charge < -0.3 is 10.2 Å². The lowest BCUT2D eigenvalue weighted by Gasteiger charge is -2.26. The van der Waals surface area contributed by atoms with Gasteiger partial charge in [-0.2, -0.15) is 5.10 Å². The molecule has 0 saturated carbocycles. The maximum absolute atomic E-state index is 4.48. The number of halogens is 1. The maximum atomic E-state index is 4.48. The summed E-state index contributed by atoms with van der Waals surface area (Å²) in [6.45, 7) is 5.32. The molecule has 1 fully saturated rings. The van der Waals surface area contributed by atoms with Crippen LogP contribution in [-0.2, 0) is 12.1 Å². The zero-order chi connectivity index (χ0) is 12.5. The van der Waals surface area contributed by atoms with Crippen LogP contribution in [-0.4, -0.2) is 41.9 Å². The fraction of sp³-hybridized carbons (Fsp3) is 0.750. The predicted octanol–water partition coefficient (Wildman–Crippen LogP) is 1.81. The minimum absolute atomic E-state index is 0.0711. The molecule has 0 aliphatic carbocycles. The van der Waals surface area contributed by atoms with E-state index in [2.05, 4.69) is 56.9 Å². The summed E-state index contributed by atoms with van der Waals surface area (Å²) in [5, 5.41) is 8.08. The summed E-state index contributed by atoms with van der Waals surface area (Å²) in [5.74, 6) is 0. The van der Waals surface area contributed by atoms with Gasteiger partial charge in [0, 0.05) is 6.54 Å². The number of nitrogens with zero attached hydrogens (tertiary/aromatic N) is 3. The van der Waals surface area contributed by atoms with Crippen molar-refractivity contribution in [2.24, 2.45) is 0 Å². The van der Waals surface area contributed by atoms with Crippen LogP contribution < -0.4 is 5.32 Å². The molecule has 1 aromatic rings. The van der Waals surface area contributed by atoms with Crippen LogP contribution >= 0.6 is 15.9 Å². The van der Waals surface area contributed by atoms with Crippen LogP contribution in [0.2, 0.25) is 0 Å². The van der Waals surface area contributed by atoms with E-state index >= 15 is 0 Å². The fourth-order valence-electron chi connectivity index (χ4n) is 2.47. The average Bonchev–Trinajstić information content (AvgIpc) is 2.83. The summed E-state index contributed by atoms with van der Waals surface area (Å²) in [7, 11) is 4.18. The third-order valence-corrected chi connectivity index (χ3v) is 4.03. The van der Waals surface area contributed by atoms with Crippen molar-refractivity contribution in [1.29, 1.82) is 0 Å². The molecule has 17 heavy (non-hydrogen) atoms. The molecule has 1 aliphatic rings. The largest absolute Gasteiger partial charge is 0.308 e. The van der Waals surface area contributed by atoms with Crippen LogP contribution in [0.3, 0.4) is 0 Å². The third-order valence-electron chi connectivity index (χ3n) is 3.45. The quantitative estimate of drug-likeness (QED) is 0.921. The van der Waals surface area contributed by atoms with E-state index in [0.717, 1.165) is 24.1 Å². The molecule has 4 nitrogen and oxygen atoms in total. The average molecular weight is 301 g/mol. The molecular weight excluding hydrogens is 280 g/mol. The Morgan fingerprint density at radius 2 is 2.35 bits per heavy atom. The Balaban J connectivity index is 2.23. The summed E-state index contributed by atoms with van der Waals surface area (Å²) in [5.41, 5.74) is 1.36. The molecule has 0 spiro atoms. The first-order valence-corrected chi connectivity index (χ1v) is 6.94. The van der Waals surface area contributed by atoms with E-state index in [4.69, 9.17) is 0 Å². The number of aromatic nitrogens is 2. The van der Waals surface area contributed by atoms with Crippen LogP contribution in [0.4, 0.5) is 0 Å². The Morgan fingerprint density at radius 1 is 1.59 bits per heavy atom. The van der Waals surface area contributed by atoms with Gasteiger partial charge in [-0.1, -0.05) is 0 Å². The highest BCUT2D eigenvalue weighted by Gasteiger charge is 2.35. The summed E-state index contributed by atoms with van der Waals surface area (Å²) >= 11 is 3.63. The minimum Gasteiger partial charge on any atom is -0.308 e. The molecule has 1 N–H and O–H groups in total. The second kappa shape index (κ2) is 5.08. The first-order valence-electron chi connectivity index (χ1n) is 6.14. The van der Waals surface area contributed by atoms with Gasteiger partial charge in [0.15, 0.2) is 0 Å². The van der Waals surface area contributed by atoms with Crippen molar-refractivity contribution in [2.75, 3.05) is 27.2 Å². The highest BCUT2D eigenvalue weighted by molar-refractivity contribution is 9.10. The molecule has 2 rings (SSSR count). The first-order chi connectivity index (χ1) is 8.03. The second-order valence-electron chi connectivity index (χ2n) is 5.23. The second-order valence-corrected chi connectivity index (χ2v) is 6.08. The number of likely N-dealkylation sites (N-methyl/N-ethyl adjacent to an activating group) is 1. The molecular formula is C12H21BrN4. The van der Waals surface area contributed by atoms with Crippen LogP contribution in [0.5, 0.6) is 0 Å². The number of hydrogen-bond acceptors (Lipinski definition) is 3. The molecule has 1 saturated heterocycles. The van der Waals surface area contributed by atoms with Gasteiger partial charge >= 0.3 is 0 Å². The standard InChI is InChI=1S/C12H21BrN4/c1-12(5-4-6-14-12)11-10(13)9-15-17(11)8-7-16(2)3/h9,14H,4-8H2,1-3H3. The van der Waals surface area contributed by atoms with Gasteiger partial charge in [0.05, 0.1) is 28.4 Å². The van der Waals surface area contributed by atoms with Crippen LogP contribution in [0.25, 0.3) is 0 Å². The molecule has 1 atom stereocenters. The molecule has 0 aromatic carbocycles. The number of nitrogens with one attached hydrogen (secondary N) is 1. The van der Waals surface area contributed by atoms with Crippen LogP contribution in [0.1, 0.15) is 25.5 Å². The lowest BCUT2D eigenvalue weighted by Crippen LogP contribution is -2.36. The maximum Gasteiger partial charge on any atom is 0.0724 e. The summed E-state index contributed by atoms with van der Waals surface area (Å²) < 4.78 is 3.25. The molecule has 1 unspecified atom stereocenters. The van der Waals surface area contributed by atoms with E-state index in [-0.39, 0.29) is 5.54 Å². The van der Waals surface area contributed by atoms with Crippen molar-refractivity contribution in [3.8, 4) is 0 Å². The molecule has 1 aromatic heterocycles. The van der Waals surface area contributed by atoms with Gasteiger partial charge in [0.1, 0.15) is 0 Å². The zero-order valence-corrected chi connectivity index (χ0v) is 12.4. The van der Waals surface area contributed by atoms with E-state index in [9.17, 15) is 0 Å². The van der Waals surface area contributed by atoms with Gasteiger partial charge in [0.25, 0.3) is 0 Å². The van der Waals surface area contributed by atoms with Crippen molar-refractivity contribution in [1.82, 2.24) is 20.0 Å². The Hall–Kier alpha value is -0.390. The van der Waals surface area contributed by atoms with Crippen molar-refractivity contribution >= 4 is 15.9 Å². The Kier molecular flexibility index (Phi) is 3.90. The van der Waals surface area contributed by atoms with Gasteiger partial charge in [-0.25, -0.2) is 0 Å². The van der Waals surface area contributed by atoms with E-state index in [1.54, 1.807) is 0 Å². The molecule has 1 aliphatic heterocycles. The van der Waals surface area contributed by atoms with Gasteiger partial charge in [-0.3, -0.25) is 4.68 Å². The van der Waals surface area contributed by atoms with Crippen molar-refractivity contribution in [3.05, 3.63) is 16.4 Å². The molecule has 2 heterocycles. The van der Waals surface area contributed by atoms with E-state index in [1.165, 1.54) is 18.5 Å². The van der Waals surface area contributed by atoms with Crippen LogP contribution in [0.15, 0.2) is 10.7 Å². The molecule has 0 bridgehead atoms. The third kappa shape index (κ3) is 2.72. The fourth-order valence-corrected chi connectivity index (χ4v) is 3.21. The summed E-state index contributed by atoms with van der Waals surface area (Å²) in [4.78, 5) is 2.18. The number of hydrogen-bond donors (Lipinski definition) is 1. The SMILES string of the molecule is CN(C)CCn1ncc(Br)c1C1(C)CCCN1. The lowest BCUT2D eigenvalue weighted by atomic mass is 9.96. The summed E-state index contributed by atoms with van der Waals surface area (Å²) in [6, 6.07) is 0. The zero-order valence-electron chi connectivity index (χ0n) is 10.8. The minimum atomic E-state index is 0.0711. The Bertz CT molecular complexity index is 380.